The minimum absolute atomic E-state index is 0.0855. The molecule has 0 aliphatic carbocycles. The molecule has 1 amide bonds. The van der Waals surface area contributed by atoms with Crippen molar-refractivity contribution in [1.82, 2.24) is 5.32 Å². The van der Waals surface area contributed by atoms with Gasteiger partial charge >= 0.3 is 5.97 Å². The van der Waals surface area contributed by atoms with Gasteiger partial charge in [0.1, 0.15) is 12.1 Å². The minimum atomic E-state index is -1.08. The van der Waals surface area contributed by atoms with Crippen molar-refractivity contribution in [1.29, 1.82) is 0 Å². The average Bonchev–Trinajstić information content (AvgIpc) is 2.22. The average molecular weight is 245 g/mol. The summed E-state index contributed by atoms with van der Waals surface area (Å²) in [5, 5.41) is 12.1. The van der Waals surface area contributed by atoms with Gasteiger partial charge in [-0.1, -0.05) is 27.7 Å². The molecule has 0 radical (unpaired) electrons. The highest BCUT2D eigenvalue weighted by molar-refractivity contribution is 5.86. The molecule has 0 aromatic heterocycles. The summed E-state index contributed by atoms with van der Waals surface area (Å²) in [5.41, 5.74) is 0. The van der Waals surface area contributed by atoms with Crippen molar-refractivity contribution < 1.29 is 19.4 Å². The Morgan fingerprint density at radius 2 is 1.76 bits per heavy atom. The molecule has 100 valence electrons. The normalized spacial score (nSPS) is 14.6. The molecule has 0 bridgehead atoms. The number of hydrogen-bond acceptors (Lipinski definition) is 4. The highest BCUT2D eigenvalue weighted by Crippen LogP contribution is 2.07. The maximum Gasteiger partial charge on any atom is 0.328 e. The fraction of sp³-hybridized carbons (Fsp3) is 0.833. The topological polar surface area (TPSA) is 75.6 Å². The third-order valence-corrected chi connectivity index (χ3v) is 2.42. The van der Waals surface area contributed by atoms with Gasteiger partial charge < -0.3 is 15.2 Å². The number of carbonyl (C=O) groups is 2. The lowest BCUT2D eigenvalue weighted by Crippen LogP contribution is -2.48. The molecule has 5 heteroatoms. The van der Waals surface area contributed by atoms with E-state index < -0.39 is 24.0 Å². The molecular weight excluding hydrogens is 222 g/mol. The molecular formula is C12H23NO4. The lowest BCUT2D eigenvalue weighted by Gasteiger charge is -2.22. The number of esters is 1. The molecule has 0 rings (SSSR count). The first-order valence-corrected chi connectivity index (χ1v) is 5.85. The third kappa shape index (κ3) is 5.68. The monoisotopic (exact) mass is 245 g/mol. The van der Waals surface area contributed by atoms with Gasteiger partial charge in [0.05, 0.1) is 7.11 Å². The first kappa shape index (κ1) is 15.9. The summed E-state index contributed by atoms with van der Waals surface area (Å²) in [6.45, 7) is 7.43. The molecule has 0 spiro atoms. The Labute approximate surface area is 103 Å². The SMILES string of the molecule is COC(=O)[C@@H](NC(=O)[C@@H](O)CC(C)C)C(C)C. The first-order valence-electron chi connectivity index (χ1n) is 5.85. The fourth-order valence-electron chi connectivity index (χ4n) is 1.43. The van der Waals surface area contributed by atoms with Crippen LogP contribution in [-0.2, 0) is 14.3 Å². The zero-order valence-corrected chi connectivity index (χ0v) is 11.2. The first-order chi connectivity index (χ1) is 7.79. The highest BCUT2D eigenvalue weighted by Gasteiger charge is 2.27. The quantitative estimate of drug-likeness (QED) is 0.676. The van der Waals surface area contributed by atoms with Gasteiger partial charge in [0.15, 0.2) is 0 Å². The summed E-state index contributed by atoms with van der Waals surface area (Å²) in [7, 11) is 1.27. The Morgan fingerprint density at radius 1 is 1.24 bits per heavy atom. The number of carbonyl (C=O) groups excluding carboxylic acids is 2. The van der Waals surface area contributed by atoms with Crippen LogP contribution in [0.2, 0.25) is 0 Å². The summed E-state index contributed by atoms with van der Waals surface area (Å²) in [6.07, 6.45) is -0.710. The minimum Gasteiger partial charge on any atom is -0.467 e. The van der Waals surface area contributed by atoms with Crippen molar-refractivity contribution in [3.05, 3.63) is 0 Å². The number of aliphatic hydroxyl groups is 1. The van der Waals surface area contributed by atoms with Crippen molar-refractivity contribution in [2.75, 3.05) is 7.11 Å². The van der Waals surface area contributed by atoms with Crippen LogP contribution >= 0.6 is 0 Å². The number of aliphatic hydroxyl groups excluding tert-OH is 1. The van der Waals surface area contributed by atoms with E-state index in [0.717, 1.165) is 0 Å². The van der Waals surface area contributed by atoms with Crippen LogP contribution in [0, 0.1) is 11.8 Å². The molecule has 2 N–H and O–H groups in total. The van der Waals surface area contributed by atoms with Gasteiger partial charge in [-0.25, -0.2) is 4.79 Å². The Bertz CT molecular complexity index is 263. The highest BCUT2D eigenvalue weighted by atomic mass is 16.5. The molecule has 0 saturated carbocycles. The van der Waals surface area contributed by atoms with Gasteiger partial charge in [-0.15, -0.1) is 0 Å². The summed E-state index contributed by atoms with van der Waals surface area (Å²) in [5.74, 6) is -0.892. The Hall–Kier alpha value is -1.10. The maximum atomic E-state index is 11.6. The molecule has 5 nitrogen and oxygen atoms in total. The van der Waals surface area contributed by atoms with Crippen molar-refractivity contribution in [2.24, 2.45) is 11.8 Å². The smallest absolute Gasteiger partial charge is 0.328 e. The molecule has 17 heavy (non-hydrogen) atoms. The lowest BCUT2D eigenvalue weighted by molar-refractivity contribution is -0.147. The molecule has 0 aliphatic rings. The molecule has 0 fully saturated rings. The Balaban J connectivity index is 4.45. The summed E-state index contributed by atoms with van der Waals surface area (Å²) < 4.78 is 4.60. The van der Waals surface area contributed by atoms with Crippen LogP contribution in [0.4, 0.5) is 0 Å². The Morgan fingerprint density at radius 3 is 2.12 bits per heavy atom. The van der Waals surface area contributed by atoms with E-state index in [1.165, 1.54) is 7.11 Å². The van der Waals surface area contributed by atoms with E-state index in [1.807, 2.05) is 13.8 Å². The third-order valence-electron chi connectivity index (χ3n) is 2.42. The van der Waals surface area contributed by atoms with E-state index in [9.17, 15) is 14.7 Å². The van der Waals surface area contributed by atoms with E-state index in [1.54, 1.807) is 13.8 Å². The van der Waals surface area contributed by atoms with Crippen LogP contribution in [0.25, 0.3) is 0 Å². The van der Waals surface area contributed by atoms with Crippen LogP contribution in [0.15, 0.2) is 0 Å². The Kier molecular flexibility index (Phi) is 6.80. The van der Waals surface area contributed by atoms with E-state index in [0.29, 0.717) is 6.42 Å². The molecule has 0 heterocycles. The van der Waals surface area contributed by atoms with Crippen LogP contribution < -0.4 is 5.32 Å². The second kappa shape index (κ2) is 7.27. The predicted octanol–water partition coefficient (Wildman–Crippen LogP) is 0.707. The van der Waals surface area contributed by atoms with E-state index in [4.69, 9.17) is 0 Å². The van der Waals surface area contributed by atoms with Crippen LogP contribution in [-0.4, -0.2) is 36.2 Å². The fourth-order valence-corrected chi connectivity index (χ4v) is 1.43. The number of methoxy groups -OCH3 is 1. The maximum absolute atomic E-state index is 11.6. The van der Waals surface area contributed by atoms with Gasteiger partial charge in [-0.3, -0.25) is 4.79 Å². The van der Waals surface area contributed by atoms with E-state index in [-0.39, 0.29) is 11.8 Å². The van der Waals surface area contributed by atoms with Gasteiger partial charge in [0, 0.05) is 0 Å². The van der Waals surface area contributed by atoms with Crippen molar-refractivity contribution in [3.63, 3.8) is 0 Å². The van der Waals surface area contributed by atoms with Gasteiger partial charge in [-0.2, -0.15) is 0 Å². The van der Waals surface area contributed by atoms with E-state index >= 15 is 0 Å². The number of hydrogen-bond donors (Lipinski definition) is 2. The van der Waals surface area contributed by atoms with Gasteiger partial charge in [0.25, 0.3) is 0 Å². The predicted molar refractivity (Wildman–Crippen MR) is 64.2 cm³/mol. The number of rotatable bonds is 6. The molecule has 0 aromatic carbocycles. The molecule has 0 aliphatic heterocycles. The van der Waals surface area contributed by atoms with Crippen LogP contribution in [0.3, 0.4) is 0 Å². The largest absolute Gasteiger partial charge is 0.467 e. The van der Waals surface area contributed by atoms with Crippen molar-refractivity contribution in [2.45, 2.75) is 46.3 Å². The van der Waals surface area contributed by atoms with Crippen molar-refractivity contribution >= 4 is 11.9 Å². The van der Waals surface area contributed by atoms with Gasteiger partial charge in [-0.05, 0) is 18.3 Å². The zero-order valence-electron chi connectivity index (χ0n) is 11.2. The summed E-state index contributed by atoms with van der Waals surface area (Å²) >= 11 is 0. The second-order valence-electron chi connectivity index (χ2n) is 4.90. The number of nitrogens with one attached hydrogen (secondary N) is 1. The molecule has 0 aromatic rings. The lowest BCUT2D eigenvalue weighted by atomic mass is 10.0. The van der Waals surface area contributed by atoms with Gasteiger partial charge in [0.2, 0.25) is 5.91 Å². The van der Waals surface area contributed by atoms with Crippen LogP contribution in [0.1, 0.15) is 34.1 Å². The molecule has 2 atom stereocenters. The summed E-state index contributed by atoms with van der Waals surface area (Å²) in [4.78, 5) is 23.1. The van der Waals surface area contributed by atoms with Crippen LogP contribution in [0.5, 0.6) is 0 Å². The molecule has 0 unspecified atom stereocenters. The standard InChI is InChI=1S/C12H23NO4/c1-7(2)6-9(14)11(15)13-10(8(3)4)12(16)17-5/h7-10,14H,6H2,1-5H3,(H,13,15)/t9-,10-/m0/s1. The van der Waals surface area contributed by atoms with Crippen molar-refractivity contribution in [3.8, 4) is 0 Å². The van der Waals surface area contributed by atoms with E-state index in [2.05, 4.69) is 10.1 Å². The molecule has 0 saturated heterocycles. The summed E-state index contributed by atoms with van der Waals surface area (Å²) in [6, 6.07) is -0.714. The zero-order chi connectivity index (χ0) is 13.6. The number of ether oxygens (including phenoxy) is 1. The number of amides is 1. The second-order valence-corrected chi connectivity index (χ2v) is 4.90.